The molecular formula is C47H49F4N2O7P. The lowest BCUT2D eigenvalue weighted by atomic mass is 9.89. The van der Waals surface area contributed by atoms with Gasteiger partial charge in [0.1, 0.15) is 11.5 Å². The molecule has 1 aromatic heterocycles. The fourth-order valence-electron chi connectivity index (χ4n) is 7.91. The maximum atomic E-state index is 14.7. The highest BCUT2D eigenvalue weighted by molar-refractivity contribution is 7.53. The molecule has 0 saturated heterocycles. The van der Waals surface area contributed by atoms with E-state index in [1.807, 2.05) is 75.4 Å². The van der Waals surface area contributed by atoms with Crippen molar-refractivity contribution >= 4 is 57.6 Å². The molecule has 6 rings (SSSR count). The van der Waals surface area contributed by atoms with Gasteiger partial charge in [0.05, 0.1) is 24.9 Å². The van der Waals surface area contributed by atoms with Crippen LogP contribution >= 0.6 is 7.60 Å². The highest BCUT2D eigenvalue weighted by atomic mass is 31.2. The number of para-hydroxylation sites is 1. The molecule has 14 heteroatoms. The number of ketones is 1. The smallest absolute Gasteiger partial charge is 0.340 e. The van der Waals surface area contributed by atoms with E-state index in [0.717, 1.165) is 50.8 Å². The third kappa shape index (κ3) is 9.90. The Balaban J connectivity index is 1.54. The van der Waals surface area contributed by atoms with Crippen LogP contribution in [0.25, 0.3) is 32.6 Å². The van der Waals surface area contributed by atoms with Crippen molar-refractivity contribution in [3.63, 3.8) is 0 Å². The zero-order valence-corrected chi connectivity index (χ0v) is 35.9. The molecule has 0 saturated carbocycles. The Bertz CT molecular complexity index is 2640. The summed E-state index contributed by atoms with van der Waals surface area (Å²) in [6.07, 6.45) is -1.65. The number of carbonyl (C=O) groups excluding carboxylic acids is 2. The van der Waals surface area contributed by atoms with Crippen LogP contribution in [0.2, 0.25) is 0 Å². The number of aromatic nitrogens is 1. The van der Waals surface area contributed by atoms with E-state index >= 15 is 0 Å². The van der Waals surface area contributed by atoms with Crippen molar-refractivity contribution in [1.82, 2.24) is 4.57 Å². The zero-order chi connectivity index (χ0) is 44.1. The molecule has 9 nitrogen and oxygen atoms in total. The minimum Gasteiger partial charge on any atom is -0.486 e. The number of hydrogen-bond donors (Lipinski definition) is 0. The van der Waals surface area contributed by atoms with E-state index < -0.39 is 32.5 Å². The molecule has 0 spiro atoms. The molecule has 0 aliphatic rings. The predicted molar refractivity (Wildman–Crippen MR) is 231 cm³/mol. The van der Waals surface area contributed by atoms with E-state index in [-0.39, 0.29) is 42.2 Å². The number of oxime groups is 1. The van der Waals surface area contributed by atoms with Crippen LogP contribution < -0.4 is 4.74 Å². The average Bonchev–Trinajstić information content (AvgIpc) is 3.52. The normalized spacial score (nSPS) is 12.5. The molecule has 0 fully saturated rings. The number of ether oxygens (including phenoxy) is 1. The minimum atomic E-state index is -4.43. The Morgan fingerprint density at radius 3 is 2.10 bits per heavy atom. The van der Waals surface area contributed by atoms with Crippen molar-refractivity contribution in [3.8, 4) is 5.75 Å². The summed E-state index contributed by atoms with van der Waals surface area (Å²) >= 11 is 0. The number of carbonyl (C=O) groups is 2. The van der Waals surface area contributed by atoms with Gasteiger partial charge in [-0.15, -0.1) is 0 Å². The Hall–Kier alpha value is -5.36. The van der Waals surface area contributed by atoms with Crippen LogP contribution in [-0.2, 0) is 29.8 Å². The van der Waals surface area contributed by atoms with Gasteiger partial charge in [0.2, 0.25) is 0 Å². The Morgan fingerprint density at radius 1 is 0.787 bits per heavy atom. The summed E-state index contributed by atoms with van der Waals surface area (Å²) in [6.45, 7) is 10.0. The molecule has 0 aliphatic heterocycles. The first-order chi connectivity index (χ1) is 29.1. The summed E-state index contributed by atoms with van der Waals surface area (Å²) in [5.41, 5.74) is 6.05. The first-order valence-corrected chi connectivity index (χ1v) is 21.9. The van der Waals surface area contributed by atoms with Crippen molar-refractivity contribution in [2.24, 2.45) is 5.16 Å². The number of fused-ring (bicyclic) bond motifs is 5. The molecule has 0 radical (unpaired) electrons. The van der Waals surface area contributed by atoms with E-state index in [2.05, 4.69) is 9.72 Å². The van der Waals surface area contributed by atoms with Crippen LogP contribution in [0.15, 0.2) is 90.1 Å². The third-order valence-electron chi connectivity index (χ3n) is 10.4. The molecule has 61 heavy (non-hydrogen) atoms. The van der Waals surface area contributed by atoms with Gasteiger partial charge in [-0.05, 0) is 94.3 Å². The lowest BCUT2D eigenvalue weighted by Gasteiger charge is -2.18. The molecule has 5 aromatic carbocycles. The Morgan fingerprint density at radius 2 is 1.44 bits per heavy atom. The molecular weight excluding hydrogens is 811 g/mol. The van der Waals surface area contributed by atoms with Crippen molar-refractivity contribution in [3.05, 3.63) is 124 Å². The van der Waals surface area contributed by atoms with Gasteiger partial charge in [0, 0.05) is 57.4 Å². The molecule has 322 valence electrons. The second-order valence-corrected chi connectivity index (χ2v) is 17.1. The van der Waals surface area contributed by atoms with Crippen LogP contribution in [0.1, 0.15) is 83.8 Å². The molecule has 0 N–H and O–H groups in total. The maximum Gasteiger partial charge on any atom is 0.340 e. The van der Waals surface area contributed by atoms with Crippen LogP contribution in [0.4, 0.5) is 17.6 Å². The summed E-state index contributed by atoms with van der Waals surface area (Å²) in [7, 11) is -3.22. The van der Waals surface area contributed by atoms with Gasteiger partial charge in [-0.25, -0.2) is 13.6 Å². The Kier molecular flexibility index (Phi) is 14.2. The number of hydrogen-bond acceptors (Lipinski definition) is 8. The summed E-state index contributed by atoms with van der Waals surface area (Å²) in [5, 5.41) is 7.18. The summed E-state index contributed by atoms with van der Waals surface area (Å²) in [5.74, 6) is -5.51. The van der Waals surface area contributed by atoms with Gasteiger partial charge < -0.3 is 23.2 Å². The SMILES string of the molecule is CCOP(=O)(CCCCCn1c2ccc(/C(=N\OC(C)=O)c3ccccc3OCC(F)(F)C(F)F)cc2c2cc(C(=O)c3c(C)cc(C)cc3C)c3ccccc3c21)OCC. The van der Waals surface area contributed by atoms with E-state index in [0.29, 0.717) is 47.9 Å². The fourth-order valence-corrected chi connectivity index (χ4v) is 9.64. The predicted octanol–water partition coefficient (Wildman–Crippen LogP) is 12.1. The second kappa shape index (κ2) is 19.1. The van der Waals surface area contributed by atoms with Crippen molar-refractivity contribution in [2.45, 2.75) is 79.7 Å². The average molecular weight is 861 g/mol. The standard InChI is InChI=1S/C47H49F4N2O7P/c1-7-58-61(56,59-8-2)23-15-9-14-22-53-40-21-20-33(43(52-60-32(6)54)36-18-12-13-19-41(36)57-28-47(50,51)46(48)49)26-37(40)38-27-39(34-16-10-11-17-35(34)44(38)53)45(55)42-30(4)24-29(3)25-31(42)5/h10-13,16-21,24-27,46H,7-9,14-15,22-23,28H2,1-6H3/b52-43+. The van der Waals surface area contributed by atoms with Gasteiger partial charge >= 0.3 is 25.9 Å². The van der Waals surface area contributed by atoms with E-state index in [4.69, 9.17) is 18.6 Å². The van der Waals surface area contributed by atoms with E-state index in [9.17, 15) is 31.7 Å². The Labute approximate surface area is 352 Å². The second-order valence-electron chi connectivity index (χ2n) is 15.0. The summed E-state index contributed by atoms with van der Waals surface area (Å²) < 4.78 is 86.0. The highest BCUT2D eigenvalue weighted by Gasteiger charge is 2.42. The lowest BCUT2D eigenvalue weighted by molar-refractivity contribution is -0.148. The number of unbranched alkanes of at least 4 members (excludes halogenated alkanes) is 2. The monoisotopic (exact) mass is 860 g/mol. The summed E-state index contributed by atoms with van der Waals surface area (Å²) in [6, 6.07) is 24.9. The van der Waals surface area contributed by atoms with E-state index in [1.54, 1.807) is 26.0 Å². The lowest BCUT2D eigenvalue weighted by Crippen LogP contribution is -2.34. The topological polar surface area (TPSA) is 105 Å². The van der Waals surface area contributed by atoms with E-state index in [1.165, 1.54) is 18.2 Å². The van der Waals surface area contributed by atoms with Crippen LogP contribution in [-0.4, -0.2) is 60.4 Å². The quantitative estimate of drug-likeness (QED) is 0.0152. The highest BCUT2D eigenvalue weighted by Crippen LogP contribution is 2.49. The van der Waals surface area contributed by atoms with Crippen molar-refractivity contribution < 1.29 is 50.3 Å². The van der Waals surface area contributed by atoms with Gasteiger partial charge in [-0.1, -0.05) is 71.7 Å². The molecule has 1 heterocycles. The van der Waals surface area contributed by atoms with Gasteiger partial charge in [0.15, 0.2) is 12.4 Å². The number of alkyl halides is 4. The number of nitrogens with zero attached hydrogens (tertiary/aromatic N) is 2. The molecule has 0 bridgehead atoms. The van der Waals surface area contributed by atoms with Gasteiger partial charge in [-0.3, -0.25) is 9.36 Å². The first-order valence-electron chi connectivity index (χ1n) is 20.2. The zero-order valence-electron chi connectivity index (χ0n) is 35.0. The van der Waals surface area contributed by atoms with Gasteiger partial charge in [0.25, 0.3) is 0 Å². The fraction of sp³-hybridized carbons (Fsp3) is 0.340. The summed E-state index contributed by atoms with van der Waals surface area (Å²) in [4.78, 5) is 31.9. The van der Waals surface area contributed by atoms with Crippen LogP contribution in [0.3, 0.4) is 0 Å². The first kappa shape index (κ1) is 45.2. The largest absolute Gasteiger partial charge is 0.486 e. The van der Waals surface area contributed by atoms with Crippen molar-refractivity contribution in [1.29, 1.82) is 0 Å². The van der Waals surface area contributed by atoms with Crippen LogP contribution in [0.5, 0.6) is 5.75 Å². The maximum absolute atomic E-state index is 14.7. The number of halogens is 4. The number of benzene rings is 5. The number of aryl methyl sites for hydroxylation is 4. The molecule has 0 atom stereocenters. The minimum absolute atomic E-state index is 0.0185. The molecule has 0 unspecified atom stereocenters. The van der Waals surface area contributed by atoms with Crippen LogP contribution in [0, 0.1) is 20.8 Å². The third-order valence-corrected chi connectivity index (χ3v) is 12.6. The number of rotatable bonds is 19. The van der Waals surface area contributed by atoms with Crippen molar-refractivity contribution in [2.75, 3.05) is 26.0 Å². The molecule has 0 amide bonds. The van der Waals surface area contributed by atoms with Gasteiger partial charge in [-0.2, -0.15) is 8.78 Å². The molecule has 6 aromatic rings. The molecule has 0 aliphatic carbocycles.